The lowest BCUT2D eigenvalue weighted by Crippen LogP contribution is -2.44. The highest BCUT2D eigenvalue weighted by atomic mass is 28.2. The van der Waals surface area contributed by atoms with Crippen LogP contribution in [0.3, 0.4) is 0 Å². The van der Waals surface area contributed by atoms with Crippen LogP contribution in [0.4, 0.5) is 0 Å². The zero-order valence-corrected chi connectivity index (χ0v) is 9.71. The lowest BCUT2D eigenvalue weighted by Gasteiger charge is -2.30. The standard InChI is InChI=1S/C7H20N2OSi/c1-8(2)7(9(3)4)6-10-11-5/h7H,6,11H2,1-5H3. The normalized spacial score (nSPS) is 13.1. The molecule has 0 aliphatic rings. The molecule has 0 unspecified atom stereocenters. The van der Waals surface area contributed by atoms with Crippen molar-refractivity contribution in [2.75, 3.05) is 34.8 Å². The van der Waals surface area contributed by atoms with Crippen molar-refractivity contribution < 1.29 is 4.43 Å². The second-order valence-corrected chi connectivity index (χ2v) is 4.05. The molecule has 0 aliphatic heterocycles. The molecule has 0 aromatic heterocycles. The van der Waals surface area contributed by atoms with E-state index in [9.17, 15) is 0 Å². The number of nitrogens with zero attached hydrogens (tertiary/aromatic N) is 2. The van der Waals surface area contributed by atoms with Crippen LogP contribution in [-0.2, 0) is 4.43 Å². The summed E-state index contributed by atoms with van der Waals surface area (Å²) in [7, 11) is 8.05. The van der Waals surface area contributed by atoms with Crippen LogP contribution in [0.2, 0.25) is 6.55 Å². The zero-order chi connectivity index (χ0) is 8.85. The number of hydrogen-bond acceptors (Lipinski definition) is 3. The van der Waals surface area contributed by atoms with Gasteiger partial charge in [0.15, 0.2) is 9.76 Å². The molecule has 0 radical (unpaired) electrons. The van der Waals surface area contributed by atoms with Crippen LogP contribution < -0.4 is 0 Å². The molecule has 0 rings (SSSR count). The third-order valence-electron chi connectivity index (χ3n) is 1.66. The fraction of sp³-hybridized carbons (Fsp3) is 1.00. The molecule has 0 aromatic rings. The highest BCUT2D eigenvalue weighted by Crippen LogP contribution is 1.96. The average Bonchev–Trinajstić information content (AvgIpc) is 1.87. The molecular formula is C7H20N2OSi. The zero-order valence-electron chi connectivity index (χ0n) is 8.29. The molecule has 0 amide bonds. The Balaban J connectivity index is 3.70. The molecule has 0 fully saturated rings. The summed E-state index contributed by atoms with van der Waals surface area (Å²) in [6, 6.07) is 0. The van der Waals surface area contributed by atoms with E-state index in [4.69, 9.17) is 4.43 Å². The van der Waals surface area contributed by atoms with Crippen LogP contribution in [0.15, 0.2) is 0 Å². The van der Waals surface area contributed by atoms with Crippen molar-refractivity contribution in [1.82, 2.24) is 9.80 Å². The third-order valence-corrected chi connectivity index (χ3v) is 2.31. The van der Waals surface area contributed by atoms with Gasteiger partial charge in [-0.3, -0.25) is 9.80 Å². The van der Waals surface area contributed by atoms with Gasteiger partial charge in [-0.25, -0.2) is 0 Å². The Morgan fingerprint density at radius 2 is 1.64 bits per heavy atom. The van der Waals surface area contributed by atoms with Crippen LogP contribution in [0.5, 0.6) is 0 Å². The smallest absolute Gasteiger partial charge is 0.158 e. The maximum absolute atomic E-state index is 5.47. The minimum absolute atomic E-state index is 0.246. The molecule has 3 nitrogen and oxygen atoms in total. The minimum atomic E-state index is -0.246. The maximum atomic E-state index is 5.47. The van der Waals surface area contributed by atoms with Crippen molar-refractivity contribution in [2.45, 2.75) is 12.7 Å². The summed E-state index contributed by atoms with van der Waals surface area (Å²) in [6.45, 7) is 2.99. The van der Waals surface area contributed by atoms with E-state index in [0.29, 0.717) is 6.17 Å². The van der Waals surface area contributed by atoms with Crippen molar-refractivity contribution in [1.29, 1.82) is 0 Å². The summed E-state index contributed by atoms with van der Waals surface area (Å²) in [5, 5.41) is 0. The third kappa shape index (κ3) is 4.52. The predicted molar refractivity (Wildman–Crippen MR) is 51.5 cm³/mol. The van der Waals surface area contributed by atoms with Crippen molar-refractivity contribution >= 4 is 9.76 Å². The van der Waals surface area contributed by atoms with Gasteiger partial charge in [0.1, 0.15) is 0 Å². The monoisotopic (exact) mass is 176 g/mol. The Kier molecular flexibility index (Phi) is 5.76. The molecular weight excluding hydrogens is 156 g/mol. The molecule has 0 heterocycles. The molecule has 4 heteroatoms. The van der Waals surface area contributed by atoms with E-state index in [2.05, 4.69) is 44.5 Å². The lowest BCUT2D eigenvalue weighted by atomic mass is 10.4. The second kappa shape index (κ2) is 5.71. The second-order valence-electron chi connectivity index (χ2n) is 3.07. The highest BCUT2D eigenvalue weighted by Gasteiger charge is 2.12. The average molecular weight is 176 g/mol. The Morgan fingerprint density at radius 3 is 1.91 bits per heavy atom. The van der Waals surface area contributed by atoms with E-state index in [1.165, 1.54) is 0 Å². The quantitative estimate of drug-likeness (QED) is 0.418. The molecule has 0 saturated heterocycles. The molecule has 0 bridgehead atoms. The lowest BCUT2D eigenvalue weighted by molar-refractivity contribution is 0.0772. The number of hydrogen-bond donors (Lipinski definition) is 0. The minimum Gasteiger partial charge on any atom is -0.421 e. The molecule has 0 atom stereocenters. The first kappa shape index (κ1) is 11.1. The van der Waals surface area contributed by atoms with Crippen LogP contribution in [-0.4, -0.2) is 60.5 Å². The van der Waals surface area contributed by atoms with Gasteiger partial charge in [0.2, 0.25) is 0 Å². The van der Waals surface area contributed by atoms with Gasteiger partial charge in [-0.05, 0) is 28.2 Å². The number of rotatable bonds is 5. The van der Waals surface area contributed by atoms with Crippen LogP contribution in [0.1, 0.15) is 0 Å². The molecule has 11 heavy (non-hydrogen) atoms. The van der Waals surface area contributed by atoms with Gasteiger partial charge in [-0.1, -0.05) is 6.55 Å². The van der Waals surface area contributed by atoms with Crippen LogP contribution >= 0.6 is 0 Å². The summed E-state index contributed by atoms with van der Waals surface area (Å²) in [4.78, 5) is 4.34. The van der Waals surface area contributed by atoms with Crippen molar-refractivity contribution in [3.8, 4) is 0 Å². The fourth-order valence-corrected chi connectivity index (χ4v) is 1.43. The van der Waals surface area contributed by atoms with Crippen LogP contribution in [0.25, 0.3) is 0 Å². The van der Waals surface area contributed by atoms with Gasteiger partial charge in [0.05, 0.1) is 12.8 Å². The van der Waals surface area contributed by atoms with E-state index in [1.54, 1.807) is 0 Å². The maximum Gasteiger partial charge on any atom is 0.158 e. The first-order valence-electron chi connectivity index (χ1n) is 4.00. The van der Waals surface area contributed by atoms with E-state index in [1.807, 2.05) is 0 Å². The van der Waals surface area contributed by atoms with Crippen molar-refractivity contribution in [2.24, 2.45) is 0 Å². The first-order valence-corrected chi connectivity index (χ1v) is 5.99. The van der Waals surface area contributed by atoms with Gasteiger partial charge in [-0.15, -0.1) is 0 Å². The van der Waals surface area contributed by atoms with Crippen LogP contribution in [0, 0.1) is 0 Å². The van der Waals surface area contributed by atoms with Gasteiger partial charge in [-0.2, -0.15) is 0 Å². The highest BCUT2D eigenvalue weighted by molar-refractivity contribution is 6.24. The Labute approximate surface area is 72.3 Å². The number of likely N-dealkylation sites (N-methyl/N-ethyl adjacent to an activating group) is 2. The Bertz CT molecular complexity index is 90.4. The van der Waals surface area contributed by atoms with E-state index in [-0.39, 0.29) is 9.76 Å². The van der Waals surface area contributed by atoms with Gasteiger partial charge >= 0.3 is 0 Å². The molecule has 0 saturated carbocycles. The SMILES string of the molecule is C[SiH2]OCC(N(C)C)N(C)C. The first-order chi connectivity index (χ1) is 5.09. The predicted octanol–water partition coefficient (Wildman–Crippen LogP) is -0.416. The molecule has 0 N–H and O–H groups in total. The summed E-state index contributed by atoms with van der Waals surface area (Å²) >= 11 is 0. The van der Waals surface area contributed by atoms with E-state index >= 15 is 0 Å². The fourth-order valence-electron chi connectivity index (χ4n) is 0.983. The van der Waals surface area contributed by atoms with Gasteiger partial charge in [0.25, 0.3) is 0 Å². The van der Waals surface area contributed by atoms with Gasteiger partial charge in [0, 0.05) is 0 Å². The summed E-state index contributed by atoms with van der Waals surface area (Å²) < 4.78 is 5.47. The van der Waals surface area contributed by atoms with E-state index < -0.39 is 0 Å². The Hall–Kier alpha value is 0.0969. The molecule has 0 aliphatic carbocycles. The summed E-state index contributed by atoms with van der Waals surface area (Å²) in [6.07, 6.45) is 0.419. The van der Waals surface area contributed by atoms with Crippen molar-refractivity contribution in [3.05, 3.63) is 0 Å². The molecule has 68 valence electrons. The Morgan fingerprint density at radius 1 is 1.18 bits per heavy atom. The van der Waals surface area contributed by atoms with E-state index in [0.717, 1.165) is 6.61 Å². The topological polar surface area (TPSA) is 15.7 Å². The molecule has 0 aromatic carbocycles. The largest absolute Gasteiger partial charge is 0.421 e. The molecule has 0 spiro atoms. The van der Waals surface area contributed by atoms with Gasteiger partial charge < -0.3 is 4.43 Å². The summed E-state index contributed by atoms with van der Waals surface area (Å²) in [5.41, 5.74) is 0. The van der Waals surface area contributed by atoms with Crippen molar-refractivity contribution in [3.63, 3.8) is 0 Å². The summed E-state index contributed by atoms with van der Waals surface area (Å²) in [5.74, 6) is 0.